The standard InChI is InChI=1S/C14H22N2O4/c1-8(2)16-7-10(6-12(16)17)13(18)15-11-4-3-9(5-11)14(19)20/h8-11H,3-7H2,1-2H3,(H,15,18)(H,19,20). The van der Waals surface area contributed by atoms with E-state index < -0.39 is 5.97 Å². The monoisotopic (exact) mass is 282 g/mol. The van der Waals surface area contributed by atoms with Gasteiger partial charge in [-0.1, -0.05) is 0 Å². The average Bonchev–Trinajstić information content (AvgIpc) is 2.95. The van der Waals surface area contributed by atoms with Gasteiger partial charge in [-0.25, -0.2) is 0 Å². The highest BCUT2D eigenvalue weighted by atomic mass is 16.4. The van der Waals surface area contributed by atoms with Crippen molar-refractivity contribution in [2.24, 2.45) is 11.8 Å². The van der Waals surface area contributed by atoms with E-state index in [2.05, 4.69) is 5.32 Å². The highest BCUT2D eigenvalue weighted by molar-refractivity contribution is 5.89. The van der Waals surface area contributed by atoms with Gasteiger partial charge in [-0.2, -0.15) is 0 Å². The summed E-state index contributed by atoms with van der Waals surface area (Å²) in [5.41, 5.74) is 0. The fourth-order valence-corrected chi connectivity index (χ4v) is 3.06. The molecule has 1 aliphatic heterocycles. The van der Waals surface area contributed by atoms with Gasteiger partial charge in [0.05, 0.1) is 11.8 Å². The lowest BCUT2D eigenvalue weighted by Crippen LogP contribution is -2.39. The molecular formula is C14H22N2O4. The number of hydrogen-bond donors (Lipinski definition) is 2. The summed E-state index contributed by atoms with van der Waals surface area (Å²) in [7, 11) is 0. The van der Waals surface area contributed by atoms with E-state index in [1.165, 1.54) is 0 Å². The predicted octanol–water partition coefficient (Wildman–Crippen LogP) is 0.613. The zero-order chi connectivity index (χ0) is 14.9. The molecule has 3 atom stereocenters. The van der Waals surface area contributed by atoms with Crippen molar-refractivity contribution in [1.29, 1.82) is 0 Å². The van der Waals surface area contributed by atoms with E-state index >= 15 is 0 Å². The normalized spacial score (nSPS) is 30.1. The van der Waals surface area contributed by atoms with Crippen molar-refractivity contribution < 1.29 is 19.5 Å². The van der Waals surface area contributed by atoms with Gasteiger partial charge in [-0.15, -0.1) is 0 Å². The third-order valence-electron chi connectivity index (χ3n) is 4.28. The van der Waals surface area contributed by atoms with E-state index in [0.29, 0.717) is 25.8 Å². The molecule has 1 saturated carbocycles. The highest BCUT2D eigenvalue weighted by Gasteiger charge is 2.37. The first kappa shape index (κ1) is 14.8. The zero-order valence-electron chi connectivity index (χ0n) is 12.0. The van der Waals surface area contributed by atoms with Crippen molar-refractivity contribution in [3.63, 3.8) is 0 Å². The zero-order valence-corrected chi connectivity index (χ0v) is 12.0. The summed E-state index contributed by atoms with van der Waals surface area (Å²) in [6.07, 6.45) is 2.08. The van der Waals surface area contributed by atoms with Crippen LogP contribution >= 0.6 is 0 Å². The maximum atomic E-state index is 12.2. The SMILES string of the molecule is CC(C)N1CC(C(=O)NC2CCC(C(=O)O)C2)CC1=O. The minimum absolute atomic E-state index is 0.0231. The predicted molar refractivity (Wildman–Crippen MR) is 71.9 cm³/mol. The number of likely N-dealkylation sites (tertiary alicyclic amines) is 1. The lowest BCUT2D eigenvalue weighted by atomic mass is 10.1. The molecule has 2 N–H and O–H groups in total. The summed E-state index contributed by atoms with van der Waals surface area (Å²) in [6, 6.07) is 0.0509. The Hall–Kier alpha value is -1.59. The third kappa shape index (κ3) is 3.11. The minimum Gasteiger partial charge on any atom is -0.481 e. The summed E-state index contributed by atoms with van der Waals surface area (Å²) < 4.78 is 0. The fraction of sp³-hybridized carbons (Fsp3) is 0.786. The van der Waals surface area contributed by atoms with Gasteiger partial charge in [0.1, 0.15) is 0 Å². The second-order valence-electron chi connectivity index (χ2n) is 6.09. The van der Waals surface area contributed by atoms with Gasteiger partial charge in [0.2, 0.25) is 11.8 Å². The Morgan fingerprint density at radius 2 is 2.00 bits per heavy atom. The average molecular weight is 282 g/mol. The van der Waals surface area contributed by atoms with Gasteiger partial charge < -0.3 is 15.3 Å². The molecule has 1 heterocycles. The number of nitrogens with one attached hydrogen (secondary N) is 1. The number of rotatable bonds is 4. The third-order valence-corrected chi connectivity index (χ3v) is 4.28. The Labute approximate surface area is 118 Å². The number of carboxylic acids is 1. The van der Waals surface area contributed by atoms with Crippen molar-refractivity contribution in [2.75, 3.05) is 6.54 Å². The number of carboxylic acid groups (broad SMARTS) is 1. The maximum absolute atomic E-state index is 12.2. The van der Waals surface area contributed by atoms with Crippen LogP contribution in [0.2, 0.25) is 0 Å². The minimum atomic E-state index is -0.788. The van der Waals surface area contributed by atoms with Crippen LogP contribution in [0, 0.1) is 11.8 Å². The molecule has 0 aromatic rings. The van der Waals surface area contributed by atoms with E-state index in [4.69, 9.17) is 5.11 Å². The Kier molecular flexibility index (Phi) is 4.30. The van der Waals surface area contributed by atoms with Crippen LogP contribution in [0.3, 0.4) is 0 Å². The molecule has 112 valence electrons. The van der Waals surface area contributed by atoms with E-state index in [0.717, 1.165) is 0 Å². The lowest BCUT2D eigenvalue weighted by molar-refractivity contribution is -0.141. The van der Waals surface area contributed by atoms with Gasteiger partial charge in [-0.3, -0.25) is 14.4 Å². The van der Waals surface area contributed by atoms with Crippen LogP contribution in [0.25, 0.3) is 0 Å². The van der Waals surface area contributed by atoms with E-state index in [-0.39, 0.29) is 42.2 Å². The van der Waals surface area contributed by atoms with Crippen molar-refractivity contribution in [1.82, 2.24) is 10.2 Å². The van der Waals surface area contributed by atoms with Crippen LogP contribution in [-0.2, 0) is 14.4 Å². The van der Waals surface area contributed by atoms with Crippen LogP contribution in [0.5, 0.6) is 0 Å². The molecule has 0 aromatic carbocycles. The van der Waals surface area contributed by atoms with E-state index in [1.54, 1.807) is 4.90 Å². The smallest absolute Gasteiger partial charge is 0.306 e. The molecule has 6 nitrogen and oxygen atoms in total. The number of aliphatic carboxylic acids is 1. The van der Waals surface area contributed by atoms with Gasteiger partial charge in [0.25, 0.3) is 0 Å². The fourth-order valence-electron chi connectivity index (χ4n) is 3.06. The summed E-state index contributed by atoms with van der Waals surface area (Å²) in [6.45, 7) is 4.34. The van der Waals surface area contributed by atoms with Crippen molar-refractivity contribution in [2.45, 2.75) is 51.6 Å². The largest absolute Gasteiger partial charge is 0.481 e. The molecule has 0 bridgehead atoms. The molecule has 2 rings (SSSR count). The first-order valence-electron chi connectivity index (χ1n) is 7.21. The van der Waals surface area contributed by atoms with Crippen LogP contribution in [-0.4, -0.2) is 46.4 Å². The molecule has 3 unspecified atom stereocenters. The maximum Gasteiger partial charge on any atom is 0.306 e. The second-order valence-corrected chi connectivity index (χ2v) is 6.09. The Morgan fingerprint density at radius 3 is 2.50 bits per heavy atom. The number of hydrogen-bond acceptors (Lipinski definition) is 3. The highest BCUT2D eigenvalue weighted by Crippen LogP contribution is 2.27. The van der Waals surface area contributed by atoms with Crippen molar-refractivity contribution in [3.05, 3.63) is 0 Å². The molecule has 2 aliphatic rings. The van der Waals surface area contributed by atoms with Crippen LogP contribution in [0.1, 0.15) is 39.5 Å². The molecule has 0 spiro atoms. The van der Waals surface area contributed by atoms with Crippen LogP contribution < -0.4 is 5.32 Å². The number of carbonyl (C=O) groups is 3. The summed E-state index contributed by atoms with van der Waals surface area (Å²) in [4.78, 5) is 36.5. The summed E-state index contributed by atoms with van der Waals surface area (Å²) in [5, 5.41) is 11.8. The lowest BCUT2D eigenvalue weighted by Gasteiger charge is -2.21. The first-order chi connectivity index (χ1) is 9.38. The van der Waals surface area contributed by atoms with Gasteiger partial charge >= 0.3 is 5.97 Å². The van der Waals surface area contributed by atoms with Gasteiger partial charge in [0.15, 0.2) is 0 Å². The quantitative estimate of drug-likeness (QED) is 0.791. The van der Waals surface area contributed by atoms with Gasteiger partial charge in [0, 0.05) is 25.0 Å². The van der Waals surface area contributed by atoms with E-state index in [9.17, 15) is 14.4 Å². The van der Waals surface area contributed by atoms with Crippen LogP contribution in [0.15, 0.2) is 0 Å². The number of amides is 2. The Bertz CT molecular complexity index is 421. The second kappa shape index (κ2) is 5.81. The number of nitrogens with zero attached hydrogens (tertiary/aromatic N) is 1. The Balaban J connectivity index is 1.85. The summed E-state index contributed by atoms with van der Waals surface area (Å²) in [5.74, 6) is -1.53. The topological polar surface area (TPSA) is 86.7 Å². The van der Waals surface area contributed by atoms with E-state index in [1.807, 2.05) is 13.8 Å². The van der Waals surface area contributed by atoms with Crippen LogP contribution in [0.4, 0.5) is 0 Å². The van der Waals surface area contributed by atoms with Gasteiger partial charge in [-0.05, 0) is 33.1 Å². The molecule has 20 heavy (non-hydrogen) atoms. The first-order valence-corrected chi connectivity index (χ1v) is 7.21. The molecule has 2 fully saturated rings. The summed E-state index contributed by atoms with van der Waals surface area (Å²) >= 11 is 0. The molecule has 1 saturated heterocycles. The molecular weight excluding hydrogens is 260 g/mol. The molecule has 0 radical (unpaired) electrons. The molecule has 6 heteroatoms. The van der Waals surface area contributed by atoms with Crippen molar-refractivity contribution >= 4 is 17.8 Å². The molecule has 1 aliphatic carbocycles. The van der Waals surface area contributed by atoms with Crippen molar-refractivity contribution in [3.8, 4) is 0 Å². The molecule has 2 amide bonds. The number of carbonyl (C=O) groups excluding carboxylic acids is 2. The Morgan fingerprint density at radius 1 is 1.30 bits per heavy atom. The molecule has 0 aromatic heterocycles.